The molecule has 0 radical (unpaired) electrons. The Balaban J connectivity index is 1.58. The van der Waals surface area contributed by atoms with E-state index in [-0.39, 0.29) is 30.4 Å². The first-order valence-electron chi connectivity index (χ1n) is 12.9. The van der Waals surface area contributed by atoms with Gasteiger partial charge in [-0.15, -0.1) is 0 Å². The number of aliphatic hydroxyl groups excluding tert-OH is 1. The van der Waals surface area contributed by atoms with Gasteiger partial charge in [-0.25, -0.2) is 4.39 Å². The molecule has 4 aliphatic rings. The second kappa shape index (κ2) is 9.53. The lowest BCUT2D eigenvalue weighted by Crippen LogP contribution is -2.58. The number of alkyl halides is 1. The van der Waals surface area contributed by atoms with E-state index in [9.17, 15) is 14.6 Å². The quantitative estimate of drug-likeness (QED) is 0.314. The van der Waals surface area contributed by atoms with Gasteiger partial charge in [-0.3, -0.25) is 4.90 Å². The molecule has 2 aliphatic carbocycles. The van der Waals surface area contributed by atoms with Crippen LogP contribution in [0.4, 0.5) is 4.39 Å². The van der Waals surface area contributed by atoms with Crippen LogP contribution in [-0.2, 0) is 5.60 Å². The summed E-state index contributed by atoms with van der Waals surface area (Å²) in [6.07, 6.45) is 3.54. The molecule has 39 heavy (non-hydrogen) atoms. The molecule has 1 unspecified atom stereocenters. The van der Waals surface area contributed by atoms with Crippen molar-refractivity contribution < 1.29 is 28.8 Å². The maximum atomic E-state index is 13.8. The lowest BCUT2D eigenvalue weighted by atomic mass is 9.65. The van der Waals surface area contributed by atoms with E-state index in [0.717, 1.165) is 5.56 Å². The van der Waals surface area contributed by atoms with Crippen LogP contribution < -0.4 is 14.2 Å². The van der Waals surface area contributed by atoms with Gasteiger partial charge in [0, 0.05) is 54.1 Å². The van der Waals surface area contributed by atoms with Crippen molar-refractivity contribution in [3.63, 3.8) is 0 Å². The van der Waals surface area contributed by atoms with Gasteiger partial charge in [0.2, 0.25) is 11.8 Å². The number of aromatic nitrogens is 1. The van der Waals surface area contributed by atoms with Crippen molar-refractivity contribution in [2.45, 2.75) is 35.8 Å². The minimum Gasteiger partial charge on any atom is -0.482 e. The fourth-order valence-corrected chi connectivity index (χ4v) is 7.06. The number of azide groups is 1. The van der Waals surface area contributed by atoms with Crippen LogP contribution in [0.25, 0.3) is 10.4 Å². The van der Waals surface area contributed by atoms with Gasteiger partial charge in [0.25, 0.3) is 0 Å². The number of hydrogen-bond donors (Lipinski definition) is 2. The number of ether oxygens (including phenoxy) is 3. The number of halogens is 1. The van der Waals surface area contributed by atoms with Gasteiger partial charge < -0.3 is 24.4 Å². The van der Waals surface area contributed by atoms with Crippen LogP contribution in [0.1, 0.15) is 23.5 Å². The Bertz CT molecular complexity index is 1380. The van der Waals surface area contributed by atoms with Crippen molar-refractivity contribution in [1.29, 1.82) is 0 Å². The molecule has 1 saturated carbocycles. The molecule has 0 spiro atoms. The molecule has 2 N–H and O–H groups in total. The van der Waals surface area contributed by atoms with Crippen molar-refractivity contribution in [2.75, 3.05) is 33.9 Å². The largest absolute Gasteiger partial charge is 0.482 e. The average molecular weight is 536 g/mol. The summed E-state index contributed by atoms with van der Waals surface area (Å²) in [5.74, 6) is -0.821. The lowest BCUT2D eigenvalue weighted by molar-refractivity contribution is -0.163. The average Bonchev–Trinajstić information content (AvgIpc) is 3.31. The maximum absolute atomic E-state index is 13.8. The van der Waals surface area contributed by atoms with Crippen LogP contribution in [0.3, 0.4) is 0 Å². The van der Waals surface area contributed by atoms with E-state index in [1.807, 2.05) is 41.3 Å². The van der Waals surface area contributed by atoms with Crippen molar-refractivity contribution in [3.05, 3.63) is 81.9 Å². The molecule has 6 rings (SSSR count). The highest BCUT2D eigenvalue weighted by molar-refractivity contribution is 5.58. The number of likely N-dealkylation sites (tertiary alicyclic amines) is 1. The first-order chi connectivity index (χ1) is 18.9. The molecular formula is C28H30FN5O5. The SMILES string of the molecule is COc1cc2c(c(OC)n1)[C@]1(O)[C@H](O)[C@H](CN3CC(F)C3)[C@@H](c3ccccc3)[C@]1(C1C=CC(N=[N+]=[N-])=CC1)O2. The number of hydrogen-bond acceptors (Lipinski definition) is 8. The minimum absolute atomic E-state index is 0.0955. The zero-order chi connectivity index (χ0) is 27.4. The van der Waals surface area contributed by atoms with E-state index in [2.05, 4.69) is 15.0 Å². The third kappa shape index (κ3) is 3.65. The molecule has 1 saturated heterocycles. The summed E-state index contributed by atoms with van der Waals surface area (Å²) < 4.78 is 31.7. The zero-order valence-corrected chi connectivity index (χ0v) is 21.6. The van der Waals surface area contributed by atoms with Gasteiger partial charge in [-0.2, -0.15) is 4.98 Å². The first-order valence-corrected chi connectivity index (χ1v) is 12.9. The summed E-state index contributed by atoms with van der Waals surface area (Å²) in [6.45, 7) is 0.917. The van der Waals surface area contributed by atoms with Gasteiger partial charge in [-0.05, 0) is 17.5 Å². The molecule has 2 aromatic rings. The summed E-state index contributed by atoms with van der Waals surface area (Å²) in [5.41, 5.74) is 7.17. The fraction of sp³-hybridized carbons (Fsp3) is 0.464. The van der Waals surface area contributed by atoms with Crippen molar-refractivity contribution in [3.8, 4) is 17.5 Å². The Hall–Kier alpha value is -3.63. The Morgan fingerprint density at radius 1 is 1.26 bits per heavy atom. The second-order valence-electron chi connectivity index (χ2n) is 10.5. The van der Waals surface area contributed by atoms with Gasteiger partial charge in [0.05, 0.1) is 25.9 Å². The molecule has 10 nitrogen and oxygen atoms in total. The summed E-state index contributed by atoms with van der Waals surface area (Å²) >= 11 is 0. The number of aliphatic hydroxyl groups is 2. The third-order valence-electron chi connectivity index (χ3n) is 8.64. The molecule has 0 bridgehead atoms. The predicted molar refractivity (Wildman–Crippen MR) is 139 cm³/mol. The molecular weight excluding hydrogens is 505 g/mol. The van der Waals surface area contributed by atoms with Crippen molar-refractivity contribution >= 4 is 0 Å². The molecule has 2 fully saturated rings. The van der Waals surface area contributed by atoms with Crippen LogP contribution in [0.5, 0.6) is 17.5 Å². The summed E-state index contributed by atoms with van der Waals surface area (Å²) in [7, 11) is 2.92. The minimum atomic E-state index is -1.95. The number of methoxy groups -OCH3 is 2. The summed E-state index contributed by atoms with van der Waals surface area (Å²) in [4.78, 5) is 9.25. The van der Waals surface area contributed by atoms with Crippen LogP contribution >= 0.6 is 0 Å². The zero-order valence-electron chi connectivity index (χ0n) is 21.6. The number of benzene rings is 1. The highest BCUT2D eigenvalue weighted by atomic mass is 19.1. The van der Waals surface area contributed by atoms with E-state index in [1.54, 1.807) is 18.2 Å². The van der Waals surface area contributed by atoms with E-state index in [0.29, 0.717) is 24.4 Å². The van der Waals surface area contributed by atoms with Gasteiger partial charge in [-0.1, -0.05) is 53.7 Å². The Kier molecular flexibility index (Phi) is 6.27. The van der Waals surface area contributed by atoms with Crippen LogP contribution in [0.2, 0.25) is 0 Å². The van der Waals surface area contributed by atoms with Gasteiger partial charge in [0.15, 0.2) is 11.2 Å². The van der Waals surface area contributed by atoms with Gasteiger partial charge in [0.1, 0.15) is 11.9 Å². The van der Waals surface area contributed by atoms with Crippen molar-refractivity contribution in [1.82, 2.24) is 9.88 Å². The highest BCUT2D eigenvalue weighted by Gasteiger charge is 2.78. The molecule has 1 aromatic carbocycles. The first kappa shape index (κ1) is 25.6. The lowest BCUT2D eigenvalue weighted by Gasteiger charge is -2.45. The third-order valence-corrected chi connectivity index (χ3v) is 8.64. The molecule has 6 atom stereocenters. The summed E-state index contributed by atoms with van der Waals surface area (Å²) in [5, 5.41) is 28.8. The Labute approximate surface area is 224 Å². The molecule has 1 aromatic heterocycles. The predicted octanol–water partition coefficient (Wildman–Crippen LogP) is 3.62. The second-order valence-corrected chi connectivity index (χ2v) is 10.5. The molecule has 11 heteroatoms. The number of fused-ring (bicyclic) bond motifs is 3. The number of nitrogens with zero attached hydrogens (tertiary/aromatic N) is 5. The highest BCUT2D eigenvalue weighted by Crippen LogP contribution is 2.69. The van der Waals surface area contributed by atoms with E-state index < -0.39 is 41.2 Å². The van der Waals surface area contributed by atoms with Gasteiger partial charge >= 0.3 is 0 Å². The standard InChI is InChI=1S/C28H30FN5O5/c1-37-22-12-21-24(26(31-22)38-2)27(36)25(35)20(15-34-13-18(29)14-34)23(16-6-4-3-5-7-16)28(27,39-21)17-8-10-19(11-9-17)32-33-30/h3-8,10-12,17-18,20,23,25,35-36H,9,13-15H2,1-2H3/t17?,20-,23-,25-,27+,28+/m1/s1. The molecule has 0 amide bonds. The number of allylic oxidation sites excluding steroid dienone is 2. The summed E-state index contributed by atoms with van der Waals surface area (Å²) in [6, 6.07) is 11.2. The van der Waals surface area contributed by atoms with Crippen LogP contribution in [-0.4, -0.2) is 71.8 Å². The topological polar surface area (TPSA) is 133 Å². The monoisotopic (exact) mass is 535 g/mol. The number of pyridine rings is 1. The van der Waals surface area contributed by atoms with E-state index >= 15 is 0 Å². The normalized spacial score (nSPS) is 33.3. The van der Waals surface area contributed by atoms with E-state index in [1.165, 1.54) is 14.2 Å². The molecule has 204 valence electrons. The van der Waals surface area contributed by atoms with Crippen LogP contribution in [0, 0.1) is 11.8 Å². The Morgan fingerprint density at radius 2 is 2.03 bits per heavy atom. The molecule has 3 heterocycles. The molecule has 2 aliphatic heterocycles. The van der Waals surface area contributed by atoms with Crippen molar-refractivity contribution in [2.24, 2.45) is 17.0 Å². The number of rotatable bonds is 7. The fourth-order valence-electron chi connectivity index (χ4n) is 7.06. The Morgan fingerprint density at radius 3 is 2.64 bits per heavy atom. The smallest absolute Gasteiger partial charge is 0.226 e. The maximum Gasteiger partial charge on any atom is 0.226 e. The van der Waals surface area contributed by atoms with E-state index in [4.69, 9.17) is 19.7 Å². The van der Waals surface area contributed by atoms with Crippen LogP contribution in [0.15, 0.2) is 65.4 Å².